The smallest absolute Gasteiger partial charge is 0.174 e. The standard InChI is InChI=1S/C21H24N2/c1-17-14-18(2)21(16-23-12-8-5-9-13-23)19(3)20(17)15-22-10-6-4-7-11-22/h4-14H,15-16H2,1-3H3/q+2. The molecule has 0 saturated heterocycles. The van der Waals surface area contributed by atoms with Crippen molar-refractivity contribution in [2.45, 2.75) is 33.9 Å². The van der Waals surface area contributed by atoms with E-state index in [9.17, 15) is 0 Å². The van der Waals surface area contributed by atoms with E-state index in [1.807, 2.05) is 0 Å². The van der Waals surface area contributed by atoms with Crippen molar-refractivity contribution in [1.82, 2.24) is 0 Å². The molecule has 0 amide bonds. The summed E-state index contributed by atoms with van der Waals surface area (Å²) >= 11 is 0. The van der Waals surface area contributed by atoms with E-state index in [1.54, 1.807) is 0 Å². The second-order valence-corrected chi connectivity index (χ2v) is 6.19. The zero-order valence-electron chi connectivity index (χ0n) is 14.2. The minimum Gasteiger partial charge on any atom is -0.201 e. The highest BCUT2D eigenvalue weighted by Crippen LogP contribution is 2.22. The minimum atomic E-state index is 0.922. The largest absolute Gasteiger partial charge is 0.201 e. The normalized spacial score (nSPS) is 10.7. The van der Waals surface area contributed by atoms with E-state index in [-0.39, 0.29) is 0 Å². The molecule has 2 heteroatoms. The fourth-order valence-corrected chi connectivity index (χ4v) is 3.20. The number of hydrogen-bond donors (Lipinski definition) is 0. The Bertz CT molecular complexity index is 727. The Balaban J connectivity index is 1.99. The Morgan fingerprint density at radius 2 is 1.00 bits per heavy atom. The van der Waals surface area contributed by atoms with Gasteiger partial charge >= 0.3 is 0 Å². The third kappa shape index (κ3) is 3.48. The molecule has 0 bridgehead atoms. The first-order valence-electron chi connectivity index (χ1n) is 8.12. The molecule has 0 saturated carbocycles. The van der Waals surface area contributed by atoms with Gasteiger partial charge < -0.3 is 0 Å². The number of rotatable bonds is 4. The molecule has 0 spiro atoms. The molecule has 0 radical (unpaired) electrons. The molecule has 0 atom stereocenters. The van der Waals surface area contributed by atoms with Crippen molar-refractivity contribution in [1.29, 1.82) is 0 Å². The van der Waals surface area contributed by atoms with Crippen molar-refractivity contribution in [3.8, 4) is 0 Å². The van der Waals surface area contributed by atoms with Crippen molar-refractivity contribution >= 4 is 0 Å². The second kappa shape index (κ2) is 6.74. The maximum atomic E-state index is 2.32. The predicted octanol–water partition coefficient (Wildman–Crippen LogP) is 3.28. The van der Waals surface area contributed by atoms with E-state index >= 15 is 0 Å². The maximum absolute atomic E-state index is 2.32. The SMILES string of the molecule is Cc1cc(C)c(C[n+]2ccccc2)c(C)c1C[n+]1ccccc1. The van der Waals surface area contributed by atoms with Gasteiger partial charge in [0.05, 0.1) is 0 Å². The van der Waals surface area contributed by atoms with Crippen LogP contribution in [-0.2, 0) is 13.1 Å². The number of benzene rings is 1. The Hall–Kier alpha value is -2.48. The Kier molecular flexibility index (Phi) is 4.52. The predicted molar refractivity (Wildman–Crippen MR) is 92.1 cm³/mol. The van der Waals surface area contributed by atoms with Gasteiger partial charge in [-0.05, 0) is 37.5 Å². The highest BCUT2D eigenvalue weighted by atomic mass is 14.9. The highest BCUT2D eigenvalue weighted by molar-refractivity contribution is 5.44. The van der Waals surface area contributed by atoms with Crippen molar-refractivity contribution in [3.05, 3.63) is 95.1 Å². The number of aryl methyl sites for hydroxylation is 2. The van der Waals surface area contributed by atoms with Crippen LogP contribution in [0.15, 0.2) is 67.3 Å². The summed E-state index contributed by atoms with van der Waals surface area (Å²) < 4.78 is 4.48. The van der Waals surface area contributed by atoms with Gasteiger partial charge in [0, 0.05) is 35.4 Å². The summed E-state index contributed by atoms with van der Waals surface area (Å²) in [6, 6.07) is 14.8. The lowest BCUT2D eigenvalue weighted by Gasteiger charge is -2.14. The van der Waals surface area contributed by atoms with Crippen LogP contribution in [0.4, 0.5) is 0 Å². The minimum absolute atomic E-state index is 0.922. The van der Waals surface area contributed by atoms with E-state index in [0.717, 1.165) is 13.1 Å². The van der Waals surface area contributed by atoms with Crippen LogP contribution in [0.3, 0.4) is 0 Å². The Morgan fingerprint density at radius 1 is 0.609 bits per heavy atom. The summed E-state index contributed by atoms with van der Waals surface area (Å²) in [7, 11) is 0. The summed E-state index contributed by atoms with van der Waals surface area (Å²) in [5.41, 5.74) is 7.02. The molecule has 0 aliphatic carbocycles. The van der Waals surface area contributed by atoms with Crippen LogP contribution in [0.5, 0.6) is 0 Å². The van der Waals surface area contributed by atoms with Gasteiger partial charge in [-0.2, -0.15) is 0 Å². The molecule has 0 N–H and O–H groups in total. The highest BCUT2D eigenvalue weighted by Gasteiger charge is 2.16. The van der Waals surface area contributed by atoms with Gasteiger partial charge in [0.1, 0.15) is 0 Å². The number of hydrogen-bond acceptors (Lipinski definition) is 0. The molecule has 3 rings (SSSR count). The molecule has 3 aromatic rings. The zero-order chi connectivity index (χ0) is 16.2. The molecule has 0 fully saturated rings. The molecule has 1 aromatic carbocycles. The van der Waals surface area contributed by atoms with Gasteiger partial charge in [-0.25, -0.2) is 9.13 Å². The lowest BCUT2D eigenvalue weighted by atomic mass is 9.93. The summed E-state index contributed by atoms with van der Waals surface area (Å²) in [5, 5.41) is 0. The molecule has 2 nitrogen and oxygen atoms in total. The summed E-state index contributed by atoms with van der Waals surface area (Å²) in [6.45, 7) is 8.55. The average Bonchev–Trinajstić information content (AvgIpc) is 2.57. The van der Waals surface area contributed by atoms with Crippen LogP contribution in [0.25, 0.3) is 0 Å². The van der Waals surface area contributed by atoms with Gasteiger partial charge in [0.25, 0.3) is 0 Å². The molecule has 0 unspecified atom stereocenters. The zero-order valence-corrected chi connectivity index (χ0v) is 14.2. The van der Waals surface area contributed by atoms with Crippen LogP contribution in [-0.4, -0.2) is 0 Å². The monoisotopic (exact) mass is 304 g/mol. The topological polar surface area (TPSA) is 7.76 Å². The molecule has 116 valence electrons. The Morgan fingerprint density at radius 3 is 1.39 bits per heavy atom. The van der Waals surface area contributed by atoms with Crippen molar-refractivity contribution < 1.29 is 9.13 Å². The number of nitrogens with zero attached hydrogens (tertiary/aromatic N) is 2. The van der Waals surface area contributed by atoms with Crippen molar-refractivity contribution in [2.24, 2.45) is 0 Å². The van der Waals surface area contributed by atoms with E-state index in [0.29, 0.717) is 0 Å². The van der Waals surface area contributed by atoms with Crippen molar-refractivity contribution in [3.63, 3.8) is 0 Å². The molecule has 2 aromatic heterocycles. The van der Waals surface area contributed by atoms with Crippen LogP contribution in [0, 0.1) is 20.8 Å². The maximum Gasteiger partial charge on any atom is 0.174 e. The molecule has 0 aliphatic heterocycles. The molecule has 0 aliphatic rings. The number of aromatic nitrogens is 2. The fraction of sp³-hybridized carbons (Fsp3) is 0.238. The van der Waals surface area contributed by atoms with Crippen LogP contribution < -0.4 is 9.13 Å². The quantitative estimate of drug-likeness (QED) is 0.654. The first kappa shape index (κ1) is 15.4. The van der Waals surface area contributed by atoms with E-state index < -0.39 is 0 Å². The van der Waals surface area contributed by atoms with Gasteiger partial charge in [-0.1, -0.05) is 18.2 Å². The molecular weight excluding hydrogens is 280 g/mol. The van der Waals surface area contributed by atoms with Crippen LogP contribution in [0.2, 0.25) is 0 Å². The fourth-order valence-electron chi connectivity index (χ4n) is 3.20. The van der Waals surface area contributed by atoms with Crippen LogP contribution >= 0.6 is 0 Å². The average molecular weight is 304 g/mol. The first-order valence-corrected chi connectivity index (χ1v) is 8.12. The Labute approximate surface area is 138 Å². The van der Waals surface area contributed by atoms with E-state index in [4.69, 9.17) is 0 Å². The van der Waals surface area contributed by atoms with E-state index in [1.165, 1.54) is 27.8 Å². The van der Waals surface area contributed by atoms with Crippen molar-refractivity contribution in [2.75, 3.05) is 0 Å². The van der Waals surface area contributed by atoms with Crippen LogP contribution in [0.1, 0.15) is 27.8 Å². The lowest BCUT2D eigenvalue weighted by Crippen LogP contribution is -2.35. The summed E-state index contributed by atoms with van der Waals surface area (Å²) in [4.78, 5) is 0. The summed E-state index contributed by atoms with van der Waals surface area (Å²) in [6.07, 6.45) is 8.52. The lowest BCUT2D eigenvalue weighted by molar-refractivity contribution is -0.689. The van der Waals surface area contributed by atoms with E-state index in [2.05, 4.69) is 97.2 Å². The first-order chi connectivity index (χ1) is 11.1. The molecular formula is C21H24N2+2. The third-order valence-corrected chi connectivity index (χ3v) is 4.53. The number of pyridine rings is 2. The molecule has 2 heterocycles. The van der Waals surface area contributed by atoms with Gasteiger partial charge in [0.15, 0.2) is 37.9 Å². The third-order valence-electron chi connectivity index (χ3n) is 4.53. The van der Waals surface area contributed by atoms with Gasteiger partial charge in [-0.15, -0.1) is 0 Å². The van der Waals surface area contributed by atoms with Gasteiger partial charge in [-0.3, -0.25) is 0 Å². The molecule has 23 heavy (non-hydrogen) atoms. The van der Waals surface area contributed by atoms with Gasteiger partial charge in [0.2, 0.25) is 0 Å². The summed E-state index contributed by atoms with van der Waals surface area (Å²) in [5.74, 6) is 0. The second-order valence-electron chi connectivity index (χ2n) is 6.19.